The van der Waals surface area contributed by atoms with Crippen molar-refractivity contribution in [3.05, 3.63) is 45.5 Å². The van der Waals surface area contributed by atoms with E-state index in [2.05, 4.69) is 35.2 Å². The Hall–Kier alpha value is -3.09. The number of nitrogens with one attached hydrogen (secondary N) is 1. The van der Waals surface area contributed by atoms with Gasteiger partial charge in [-0.05, 0) is 38.5 Å². The fourth-order valence-corrected chi connectivity index (χ4v) is 3.73. The number of aryl methyl sites for hydroxylation is 4. The second-order valence-corrected chi connectivity index (χ2v) is 7.27. The molecule has 0 aliphatic carbocycles. The molecule has 1 aromatic carbocycles. The lowest BCUT2D eigenvalue weighted by molar-refractivity contribution is 0.368. The van der Waals surface area contributed by atoms with Gasteiger partial charge in [-0.2, -0.15) is 0 Å². The maximum atomic E-state index is 12.3. The second-order valence-electron chi connectivity index (χ2n) is 7.27. The van der Waals surface area contributed by atoms with Gasteiger partial charge < -0.3 is 14.0 Å². The molecular weight excluding hydrogens is 344 g/mol. The third-order valence-electron chi connectivity index (χ3n) is 5.00. The standard InChI is InChI=1S/C20H22N4O3/c1-9(2)19-17(11(4)23-27-19)14-7-13(16-10(3)22-26-12(16)5)8-15-18(14)24(6)20(25)21-15/h7-9H,1-6H3,(H,21,25). The lowest BCUT2D eigenvalue weighted by atomic mass is 9.93. The Morgan fingerprint density at radius 1 is 1.04 bits per heavy atom. The van der Waals surface area contributed by atoms with Crippen LogP contribution in [0.1, 0.15) is 42.7 Å². The first-order chi connectivity index (χ1) is 12.8. The number of imidazole rings is 1. The first-order valence-electron chi connectivity index (χ1n) is 8.92. The predicted molar refractivity (Wildman–Crippen MR) is 103 cm³/mol. The molecule has 0 unspecified atom stereocenters. The van der Waals surface area contributed by atoms with E-state index in [9.17, 15) is 4.79 Å². The van der Waals surface area contributed by atoms with Crippen molar-refractivity contribution in [1.82, 2.24) is 19.9 Å². The highest BCUT2D eigenvalue weighted by Gasteiger charge is 2.24. The van der Waals surface area contributed by atoms with E-state index < -0.39 is 0 Å². The summed E-state index contributed by atoms with van der Waals surface area (Å²) >= 11 is 0. The Morgan fingerprint density at radius 2 is 1.70 bits per heavy atom. The molecule has 140 valence electrons. The summed E-state index contributed by atoms with van der Waals surface area (Å²) in [5.74, 6) is 1.70. The highest BCUT2D eigenvalue weighted by molar-refractivity contribution is 5.97. The average Bonchev–Trinajstić information content (AvgIpc) is 3.24. The third kappa shape index (κ3) is 2.53. The number of benzene rings is 1. The van der Waals surface area contributed by atoms with E-state index in [4.69, 9.17) is 9.05 Å². The van der Waals surface area contributed by atoms with Crippen LogP contribution in [-0.2, 0) is 7.05 Å². The van der Waals surface area contributed by atoms with E-state index >= 15 is 0 Å². The van der Waals surface area contributed by atoms with Crippen LogP contribution >= 0.6 is 0 Å². The van der Waals surface area contributed by atoms with Crippen molar-refractivity contribution in [2.24, 2.45) is 7.05 Å². The lowest BCUT2D eigenvalue weighted by Gasteiger charge is -2.11. The van der Waals surface area contributed by atoms with Gasteiger partial charge in [-0.15, -0.1) is 0 Å². The van der Waals surface area contributed by atoms with Crippen LogP contribution in [0.2, 0.25) is 0 Å². The van der Waals surface area contributed by atoms with E-state index in [1.165, 1.54) is 0 Å². The molecule has 27 heavy (non-hydrogen) atoms. The highest BCUT2D eigenvalue weighted by Crippen LogP contribution is 2.39. The molecule has 0 bridgehead atoms. The molecule has 0 aliphatic heterocycles. The van der Waals surface area contributed by atoms with Crippen LogP contribution in [0.5, 0.6) is 0 Å². The largest absolute Gasteiger partial charge is 0.361 e. The Kier molecular flexibility index (Phi) is 3.83. The van der Waals surface area contributed by atoms with E-state index in [1.807, 2.05) is 26.8 Å². The third-order valence-corrected chi connectivity index (χ3v) is 5.00. The summed E-state index contributed by atoms with van der Waals surface area (Å²) in [6.45, 7) is 9.85. The van der Waals surface area contributed by atoms with Crippen molar-refractivity contribution < 1.29 is 9.05 Å². The van der Waals surface area contributed by atoms with Gasteiger partial charge >= 0.3 is 5.69 Å². The quantitative estimate of drug-likeness (QED) is 0.586. The SMILES string of the molecule is Cc1noc(C)c1-c1cc(-c2c(C)noc2C(C)C)c2c(c1)[nH]c(=O)n2C. The van der Waals surface area contributed by atoms with Gasteiger partial charge in [0.15, 0.2) is 0 Å². The van der Waals surface area contributed by atoms with Crippen LogP contribution in [0.25, 0.3) is 33.3 Å². The van der Waals surface area contributed by atoms with E-state index in [0.29, 0.717) is 0 Å². The van der Waals surface area contributed by atoms with Gasteiger partial charge in [-0.3, -0.25) is 4.57 Å². The van der Waals surface area contributed by atoms with Crippen molar-refractivity contribution in [2.75, 3.05) is 0 Å². The number of H-pyrrole nitrogens is 1. The molecule has 3 heterocycles. The number of aromatic amines is 1. The Morgan fingerprint density at radius 3 is 2.33 bits per heavy atom. The zero-order valence-corrected chi connectivity index (χ0v) is 16.3. The number of fused-ring (bicyclic) bond motifs is 1. The van der Waals surface area contributed by atoms with E-state index in [1.54, 1.807) is 11.6 Å². The molecule has 7 nitrogen and oxygen atoms in total. The van der Waals surface area contributed by atoms with Crippen molar-refractivity contribution in [2.45, 2.75) is 40.5 Å². The minimum Gasteiger partial charge on any atom is -0.361 e. The summed E-state index contributed by atoms with van der Waals surface area (Å²) in [6.07, 6.45) is 0. The van der Waals surface area contributed by atoms with Gasteiger partial charge in [0.05, 0.1) is 22.4 Å². The highest BCUT2D eigenvalue weighted by atomic mass is 16.5. The first kappa shape index (κ1) is 17.3. The molecular formula is C20H22N4O3. The Labute approximate surface area is 156 Å². The molecule has 0 amide bonds. The number of hydrogen-bond donors (Lipinski definition) is 1. The molecule has 3 aromatic heterocycles. The van der Waals surface area contributed by atoms with Crippen LogP contribution in [0.4, 0.5) is 0 Å². The summed E-state index contributed by atoms with van der Waals surface area (Å²) < 4.78 is 12.6. The average molecular weight is 366 g/mol. The number of aromatic nitrogens is 4. The molecule has 0 atom stereocenters. The van der Waals surface area contributed by atoms with Crippen molar-refractivity contribution >= 4 is 11.0 Å². The molecule has 0 saturated heterocycles. The van der Waals surface area contributed by atoms with Crippen LogP contribution in [0.3, 0.4) is 0 Å². The topological polar surface area (TPSA) is 89.8 Å². The Balaban J connectivity index is 2.14. The fourth-order valence-electron chi connectivity index (χ4n) is 3.73. The minimum absolute atomic E-state index is 0.162. The first-order valence-corrected chi connectivity index (χ1v) is 8.92. The number of rotatable bonds is 3. The zero-order chi connectivity index (χ0) is 19.5. The molecule has 4 rings (SSSR count). The normalized spacial score (nSPS) is 11.8. The van der Waals surface area contributed by atoms with Gasteiger partial charge in [0.2, 0.25) is 0 Å². The van der Waals surface area contributed by atoms with Gasteiger partial charge in [0.25, 0.3) is 0 Å². The summed E-state index contributed by atoms with van der Waals surface area (Å²) in [7, 11) is 1.76. The maximum absolute atomic E-state index is 12.3. The minimum atomic E-state index is -0.164. The summed E-state index contributed by atoms with van der Waals surface area (Å²) in [5, 5.41) is 8.25. The van der Waals surface area contributed by atoms with E-state index in [-0.39, 0.29) is 11.6 Å². The maximum Gasteiger partial charge on any atom is 0.326 e. The molecule has 0 fully saturated rings. The summed E-state index contributed by atoms with van der Waals surface area (Å²) in [5.41, 5.74) is 6.72. The molecule has 7 heteroatoms. The van der Waals surface area contributed by atoms with E-state index in [0.717, 1.165) is 56.2 Å². The number of hydrogen-bond acceptors (Lipinski definition) is 5. The van der Waals surface area contributed by atoms with Crippen molar-refractivity contribution in [3.63, 3.8) is 0 Å². The number of nitrogens with zero attached hydrogens (tertiary/aromatic N) is 3. The molecule has 0 saturated carbocycles. The second kappa shape index (κ2) is 5.97. The van der Waals surface area contributed by atoms with Crippen molar-refractivity contribution in [3.8, 4) is 22.3 Å². The lowest BCUT2D eigenvalue weighted by Crippen LogP contribution is -2.12. The predicted octanol–water partition coefficient (Wildman–Crippen LogP) is 4.23. The van der Waals surface area contributed by atoms with Crippen molar-refractivity contribution in [1.29, 1.82) is 0 Å². The van der Waals surface area contributed by atoms with Gasteiger partial charge in [-0.25, -0.2) is 4.79 Å². The smallest absolute Gasteiger partial charge is 0.326 e. The Bertz CT molecular complexity index is 1200. The summed E-state index contributed by atoms with van der Waals surface area (Å²) in [4.78, 5) is 15.3. The molecule has 0 radical (unpaired) electrons. The molecule has 4 aromatic rings. The van der Waals surface area contributed by atoms with Crippen LogP contribution in [-0.4, -0.2) is 19.9 Å². The summed E-state index contributed by atoms with van der Waals surface area (Å²) in [6, 6.07) is 4.03. The molecule has 0 aliphatic rings. The van der Waals surface area contributed by atoms with Crippen LogP contribution in [0, 0.1) is 20.8 Å². The van der Waals surface area contributed by atoms with Crippen LogP contribution < -0.4 is 5.69 Å². The van der Waals surface area contributed by atoms with Gasteiger partial charge in [0, 0.05) is 29.7 Å². The van der Waals surface area contributed by atoms with Gasteiger partial charge in [-0.1, -0.05) is 24.2 Å². The molecule has 0 spiro atoms. The monoisotopic (exact) mass is 366 g/mol. The fraction of sp³-hybridized carbons (Fsp3) is 0.350. The van der Waals surface area contributed by atoms with Crippen LogP contribution in [0.15, 0.2) is 26.0 Å². The van der Waals surface area contributed by atoms with Gasteiger partial charge in [0.1, 0.15) is 11.5 Å². The molecule has 1 N–H and O–H groups in total. The zero-order valence-electron chi connectivity index (χ0n) is 16.3.